The van der Waals surface area contributed by atoms with Gasteiger partial charge in [-0.05, 0) is 25.0 Å². The Kier molecular flexibility index (Phi) is 3.77. The Balaban J connectivity index is 2.22. The lowest BCUT2D eigenvalue weighted by Crippen LogP contribution is -2.35. The molecule has 0 spiro atoms. The molecule has 0 fully saturated rings. The highest BCUT2D eigenvalue weighted by atomic mass is 16.3. The van der Waals surface area contributed by atoms with E-state index in [9.17, 15) is 5.11 Å². The van der Waals surface area contributed by atoms with Crippen LogP contribution in [0.1, 0.15) is 26.7 Å². The van der Waals surface area contributed by atoms with Gasteiger partial charge in [-0.15, -0.1) is 0 Å². The van der Waals surface area contributed by atoms with E-state index in [1.807, 2.05) is 38.1 Å². The van der Waals surface area contributed by atoms with E-state index in [2.05, 4.69) is 15.3 Å². The lowest BCUT2D eigenvalue weighted by atomic mass is 9.97. The van der Waals surface area contributed by atoms with Crippen LogP contribution in [0.5, 0.6) is 0 Å². The molecule has 2 N–H and O–H groups in total. The van der Waals surface area contributed by atoms with E-state index in [-0.39, 0.29) is 0 Å². The molecule has 18 heavy (non-hydrogen) atoms. The number of nitrogens with one attached hydrogen (secondary N) is 1. The van der Waals surface area contributed by atoms with E-state index in [1.165, 1.54) is 0 Å². The second-order valence-corrected chi connectivity index (χ2v) is 4.52. The van der Waals surface area contributed by atoms with Crippen molar-refractivity contribution in [2.24, 2.45) is 0 Å². The van der Waals surface area contributed by atoms with Crippen LogP contribution in [0.2, 0.25) is 0 Å². The molecule has 0 amide bonds. The molecule has 0 radical (unpaired) electrons. The average molecular weight is 245 g/mol. The molecule has 1 heterocycles. The van der Waals surface area contributed by atoms with Crippen LogP contribution in [0.3, 0.4) is 0 Å². The molecule has 0 atom stereocenters. The zero-order chi connectivity index (χ0) is 13.0. The molecule has 0 aliphatic rings. The zero-order valence-corrected chi connectivity index (χ0v) is 10.8. The van der Waals surface area contributed by atoms with Crippen molar-refractivity contribution in [2.45, 2.75) is 32.3 Å². The quantitative estimate of drug-likeness (QED) is 0.850. The normalized spacial score (nSPS) is 11.7. The van der Waals surface area contributed by atoms with Gasteiger partial charge in [0.25, 0.3) is 0 Å². The van der Waals surface area contributed by atoms with Crippen LogP contribution in [0, 0.1) is 0 Å². The number of aliphatic hydroxyl groups is 1. The third-order valence-corrected chi connectivity index (χ3v) is 3.44. The van der Waals surface area contributed by atoms with Crippen molar-refractivity contribution in [3.63, 3.8) is 0 Å². The lowest BCUT2D eigenvalue weighted by molar-refractivity contribution is 0.0456. The smallest absolute Gasteiger partial charge is 0.137 e. The van der Waals surface area contributed by atoms with Gasteiger partial charge in [0.2, 0.25) is 0 Å². The van der Waals surface area contributed by atoms with Gasteiger partial charge in [0.1, 0.15) is 12.1 Å². The first-order chi connectivity index (χ1) is 8.68. The molecule has 0 bridgehead atoms. The second-order valence-electron chi connectivity index (χ2n) is 4.52. The van der Waals surface area contributed by atoms with Crippen LogP contribution in [0.25, 0.3) is 10.9 Å². The number of anilines is 1. The van der Waals surface area contributed by atoms with Crippen LogP contribution in [-0.2, 0) is 0 Å². The number of benzene rings is 1. The summed E-state index contributed by atoms with van der Waals surface area (Å²) in [6.45, 7) is 4.48. The molecule has 0 saturated carbocycles. The summed E-state index contributed by atoms with van der Waals surface area (Å²) in [7, 11) is 0. The van der Waals surface area contributed by atoms with E-state index >= 15 is 0 Å². The van der Waals surface area contributed by atoms with Gasteiger partial charge in [-0.1, -0.05) is 26.0 Å². The van der Waals surface area contributed by atoms with Crippen molar-refractivity contribution in [2.75, 3.05) is 11.9 Å². The minimum Gasteiger partial charge on any atom is -0.388 e. The third-order valence-electron chi connectivity index (χ3n) is 3.44. The van der Waals surface area contributed by atoms with Gasteiger partial charge in [0.15, 0.2) is 0 Å². The Morgan fingerprint density at radius 3 is 2.61 bits per heavy atom. The van der Waals surface area contributed by atoms with Crippen LogP contribution < -0.4 is 5.32 Å². The summed E-state index contributed by atoms with van der Waals surface area (Å²) in [6, 6.07) is 7.85. The van der Waals surface area contributed by atoms with Crippen molar-refractivity contribution in [1.29, 1.82) is 0 Å². The van der Waals surface area contributed by atoms with Gasteiger partial charge < -0.3 is 10.4 Å². The average Bonchev–Trinajstić information content (AvgIpc) is 2.44. The minimum absolute atomic E-state index is 0.501. The predicted molar refractivity (Wildman–Crippen MR) is 73.6 cm³/mol. The summed E-state index contributed by atoms with van der Waals surface area (Å²) < 4.78 is 0. The number of hydrogen-bond acceptors (Lipinski definition) is 4. The Morgan fingerprint density at radius 1 is 1.17 bits per heavy atom. The molecule has 2 rings (SSSR count). The van der Waals surface area contributed by atoms with Gasteiger partial charge in [-0.25, -0.2) is 9.97 Å². The van der Waals surface area contributed by atoms with Gasteiger partial charge in [0.05, 0.1) is 11.1 Å². The number of fused-ring (bicyclic) bond motifs is 1. The van der Waals surface area contributed by atoms with Crippen molar-refractivity contribution < 1.29 is 5.11 Å². The van der Waals surface area contributed by atoms with E-state index in [0.717, 1.165) is 29.6 Å². The maximum absolute atomic E-state index is 10.3. The molecule has 4 heteroatoms. The van der Waals surface area contributed by atoms with Crippen molar-refractivity contribution in [3.8, 4) is 0 Å². The fraction of sp³-hybridized carbons (Fsp3) is 0.429. The molecule has 1 aromatic carbocycles. The van der Waals surface area contributed by atoms with E-state index in [0.29, 0.717) is 6.54 Å². The third kappa shape index (κ3) is 2.59. The monoisotopic (exact) mass is 245 g/mol. The minimum atomic E-state index is -0.675. The summed E-state index contributed by atoms with van der Waals surface area (Å²) in [5.74, 6) is 0.779. The number of aromatic nitrogens is 2. The van der Waals surface area contributed by atoms with Gasteiger partial charge in [0, 0.05) is 11.9 Å². The highest BCUT2D eigenvalue weighted by Gasteiger charge is 2.22. The van der Waals surface area contributed by atoms with Crippen molar-refractivity contribution in [3.05, 3.63) is 30.6 Å². The van der Waals surface area contributed by atoms with E-state index in [1.54, 1.807) is 6.33 Å². The number of rotatable bonds is 5. The first-order valence-electron chi connectivity index (χ1n) is 6.34. The first kappa shape index (κ1) is 12.8. The molecule has 0 aliphatic heterocycles. The summed E-state index contributed by atoms with van der Waals surface area (Å²) >= 11 is 0. The molecule has 0 aliphatic carbocycles. The highest BCUT2D eigenvalue weighted by Crippen LogP contribution is 2.21. The van der Waals surface area contributed by atoms with Crippen LogP contribution in [-0.4, -0.2) is 27.2 Å². The largest absolute Gasteiger partial charge is 0.388 e. The van der Waals surface area contributed by atoms with Crippen LogP contribution in [0.4, 0.5) is 5.82 Å². The summed E-state index contributed by atoms with van der Waals surface area (Å²) in [6.07, 6.45) is 2.99. The molecular formula is C14H19N3O. The topological polar surface area (TPSA) is 58.0 Å². The SMILES string of the molecule is CCC(O)(CC)CNc1ncnc2ccccc12. The predicted octanol–water partition coefficient (Wildman–Crippen LogP) is 2.59. The molecule has 0 saturated heterocycles. The maximum Gasteiger partial charge on any atom is 0.137 e. The Bertz CT molecular complexity index is 518. The maximum atomic E-state index is 10.3. The Hall–Kier alpha value is -1.68. The number of nitrogens with zero attached hydrogens (tertiary/aromatic N) is 2. The van der Waals surface area contributed by atoms with Gasteiger partial charge >= 0.3 is 0 Å². The molecule has 1 aromatic heterocycles. The molecular weight excluding hydrogens is 226 g/mol. The summed E-state index contributed by atoms with van der Waals surface area (Å²) in [5, 5.41) is 14.5. The fourth-order valence-corrected chi connectivity index (χ4v) is 1.89. The standard InChI is InChI=1S/C14H19N3O/c1-3-14(18,4-2)9-15-13-11-7-5-6-8-12(11)16-10-17-13/h5-8,10,18H,3-4,9H2,1-2H3,(H,15,16,17). The van der Waals surface area contributed by atoms with Crippen molar-refractivity contribution in [1.82, 2.24) is 9.97 Å². The Labute approximate surface area is 107 Å². The molecule has 4 nitrogen and oxygen atoms in total. The van der Waals surface area contributed by atoms with E-state index < -0.39 is 5.60 Å². The van der Waals surface area contributed by atoms with Crippen LogP contribution >= 0.6 is 0 Å². The van der Waals surface area contributed by atoms with Crippen LogP contribution in [0.15, 0.2) is 30.6 Å². The number of hydrogen-bond donors (Lipinski definition) is 2. The molecule has 96 valence electrons. The second kappa shape index (κ2) is 5.31. The first-order valence-corrected chi connectivity index (χ1v) is 6.34. The summed E-state index contributed by atoms with van der Waals surface area (Å²) in [4.78, 5) is 8.46. The molecule has 2 aromatic rings. The zero-order valence-electron chi connectivity index (χ0n) is 10.8. The van der Waals surface area contributed by atoms with Gasteiger partial charge in [-0.2, -0.15) is 0 Å². The Morgan fingerprint density at radius 2 is 1.89 bits per heavy atom. The fourth-order valence-electron chi connectivity index (χ4n) is 1.89. The highest BCUT2D eigenvalue weighted by molar-refractivity contribution is 5.88. The number of para-hydroxylation sites is 1. The van der Waals surface area contributed by atoms with E-state index in [4.69, 9.17) is 0 Å². The lowest BCUT2D eigenvalue weighted by Gasteiger charge is -2.25. The summed E-state index contributed by atoms with van der Waals surface area (Å²) in [5.41, 5.74) is 0.234. The van der Waals surface area contributed by atoms with Gasteiger partial charge in [-0.3, -0.25) is 0 Å². The van der Waals surface area contributed by atoms with Crippen molar-refractivity contribution >= 4 is 16.7 Å². The molecule has 0 unspecified atom stereocenters.